The van der Waals surface area contributed by atoms with E-state index in [9.17, 15) is 5.11 Å². The third-order valence-electron chi connectivity index (χ3n) is 3.55. The van der Waals surface area contributed by atoms with Crippen LogP contribution in [0.4, 0.5) is 5.69 Å². The lowest BCUT2D eigenvalue weighted by molar-refractivity contribution is 0.0727. The lowest BCUT2D eigenvalue weighted by Crippen LogP contribution is -2.47. The zero-order chi connectivity index (χ0) is 14.4. The summed E-state index contributed by atoms with van der Waals surface area (Å²) in [5.41, 5.74) is 2.40. The normalized spacial score (nSPS) is 19.4. The summed E-state index contributed by atoms with van der Waals surface area (Å²) < 4.78 is 6.53. The van der Waals surface area contributed by atoms with Gasteiger partial charge in [0.1, 0.15) is 0 Å². The van der Waals surface area contributed by atoms with E-state index in [2.05, 4.69) is 51.3 Å². The van der Waals surface area contributed by atoms with Crippen molar-refractivity contribution in [3.63, 3.8) is 0 Å². The van der Waals surface area contributed by atoms with Gasteiger partial charge in [0.15, 0.2) is 0 Å². The van der Waals surface area contributed by atoms with Gasteiger partial charge in [-0.05, 0) is 30.7 Å². The van der Waals surface area contributed by atoms with Crippen molar-refractivity contribution in [2.24, 2.45) is 0 Å². The Morgan fingerprint density at radius 1 is 1.50 bits per heavy atom. The van der Waals surface area contributed by atoms with Gasteiger partial charge in [0.05, 0.1) is 25.9 Å². The standard InChI is InChI=1S/C15H23BrN2O2/c1-2-5-17-9-12-3-4-13(8-15(12)16)18-6-7-20-11-14(18)10-19/h3-4,8,14,17,19H,2,5-7,9-11H2,1H3. The van der Waals surface area contributed by atoms with Crippen LogP contribution in [0.15, 0.2) is 22.7 Å². The maximum Gasteiger partial charge on any atom is 0.0755 e. The molecule has 1 heterocycles. The monoisotopic (exact) mass is 342 g/mol. The highest BCUT2D eigenvalue weighted by Gasteiger charge is 2.22. The largest absolute Gasteiger partial charge is 0.394 e. The molecule has 112 valence electrons. The lowest BCUT2D eigenvalue weighted by Gasteiger charge is -2.36. The number of aliphatic hydroxyl groups excluding tert-OH is 1. The van der Waals surface area contributed by atoms with Gasteiger partial charge in [-0.15, -0.1) is 0 Å². The fourth-order valence-corrected chi connectivity index (χ4v) is 2.91. The van der Waals surface area contributed by atoms with Crippen LogP contribution in [0.1, 0.15) is 18.9 Å². The van der Waals surface area contributed by atoms with E-state index in [4.69, 9.17) is 4.74 Å². The predicted molar refractivity (Wildman–Crippen MR) is 85.2 cm³/mol. The second-order valence-corrected chi connectivity index (χ2v) is 5.91. The third-order valence-corrected chi connectivity index (χ3v) is 4.29. The van der Waals surface area contributed by atoms with Crippen LogP contribution in [-0.2, 0) is 11.3 Å². The maximum atomic E-state index is 9.45. The van der Waals surface area contributed by atoms with Gasteiger partial charge in [0, 0.05) is 23.2 Å². The number of aliphatic hydroxyl groups is 1. The minimum atomic E-state index is 0.0553. The van der Waals surface area contributed by atoms with Crippen LogP contribution in [0.3, 0.4) is 0 Å². The van der Waals surface area contributed by atoms with Gasteiger partial charge >= 0.3 is 0 Å². The molecule has 20 heavy (non-hydrogen) atoms. The van der Waals surface area contributed by atoms with Crippen molar-refractivity contribution >= 4 is 21.6 Å². The number of morpholine rings is 1. The first kappa shape index (κ1) is 15.8. The van der Waals surface area contributed by atoms with Gasteiger partial charge in [-0.25, -0.2) is 0 Å². The summed E-state index contributed by atoms with van der Waals surface area (Å²) in [5, 5.41) is 12.9. The highest BCUT2D eigenvalue weighted by Crippen LogP contribution is 2.26. The number of hydrogen-bond donors (Lipinski definition) is 2. The average Bonchev–Trinajstić information content (AvgIpc) is 2.49. The van der Waals surface area contributed by atoms with E-state index >= 15 is 0 Å². The minimum Gasteiger partial charge on any atom is -0.394 e. The Morgan fingerprint density at radius 3 is 3.05 bits per heavy atom. The molecule has 2 rings (SSSR count). The number of anilines is 1. The summed E-state index contributed by atoms with van der Waals surface area (Å²) >= 11 is 3.65. The van der Waals surface area contributed by atoms with Crippen LogP contribution in [0.5, 0.6) is 0 Å². The molecule has 0 spiro atoms. The Balaban J connectivity index is 2.07. The molecule has 5 heteroatoms. The van der Waals surface area contributed by atoms with E-state index in [1.165, 1.54) is 5.56 Å². The van der Waals surface area contributed by atoms with Crippen LogP contribution in [0.2, 0.25) is 0 Å². The molecule has 1 fully saturated rings. The predicted octanol–water partition coefficient (Wildman–Crippen LogP) is 2.15. The molecule has 0 bridgehead atoms. The van der Waals surface area contributed by atoms with Gasteiger partial charge in [0.2, 0.25) is 0 Å². The van der Waals surface area contributed by atoms with Crippen molar-refractivity contribution < 1.29 is 9.84 Å². The van der Waals surface area contributed by atoms with E-state index in [1.54, 1.807) is 0 Å². The second kappa shape index (κ2) is 7.98. The summed E-state index contributed by atoms with van der Waals surface area (Å²) in [5.74, 6) is 0. The van der Waals surface area contributed by atoms with Gasteiger partial charge in [0.25, 0.3) is 0 Å². The van der Waals surface area contributed by atoms with Crippen LogP contribution < -0.4 is 10.2 Å². The second-order valence-electron chi connectivity index (χ2n) is 5.06. The average molecular weight is 343 g/mol. The van der Waals surface area contributed by atoms with Gasteiger partial charge in [-0.1, -0.05) is 28.9 Å². The fraction of sp³-hybridized carbons (Fsp3) is 0.600. The van der Waals surface area contributed by atoms with Crippen molar-refractivity contribution in [3.8, 4) is 0 Å². The molecule has 0 aliphatic carbocycles. The molecule has 0 aromatic heterocycles. The molecule has 0 radical (unpaired) electrons. The number of ether oxygens (including phenoxy) is 1. The molecule has 2 N–H and O–H groups in total. The van der Waals surface area contributed by atoms with Crippen LogP contribution in [-0.4, -0.2) is 44.1 Å². The summed E-state index contributed by atoms with van der Waals surface area (Å²) in [6.07, 6.45) is 1.14. The van der Waals surface area contributed by atoms with Gasteiger partial charge in [-0.3, -0.25) is 0 Å². The number of nitrogens with one attached hydrogen (secondary N) is 1. The molecule has 1 atom stereocenters. The van der Waals surface area contributed by atoms with Crippen molar-refractivity contribution in [1.29, 1.82) is 0 Å². The maximum absolute atomic E-state index is 9.45. The van der Waals surface area contributed by atoms with Crippen LogP contribution in [0, 0.1) is 0 Å². The number of nitrogens with zero attached hydrogens (tertiary/aromatic N) is 1. The highest BCUT2D eigenvalue weighted by molar-refractivity contribution is 9.10. The SMILES string of the molecule is CCCNCc1ccc(N2CCOCC2CO)cc1Br. The molecule has 1 aliphatic rings. The molecule has 1 saturated heterocycles. The van der Waals surface area contributed by atoms with Gasteiger partial charge in [-0.2, -0.15) is 0 Å². The first-order valence-electron chi connectivity index (χ1n) is 7.20. The zero-order valence-electron chi connectivity index (χ0n) is 11.9. The first-order valence-corrected chi connectivity index (χ1v) is 8.00. The molecule has 1 aromatic carbocycles. The van der Waals surface area contributed by atoms with Gasteiger partial charge < -0.3 is 20.1 Å². The molecule has 1 aromatic rings. The summed E-state index contributed by atoms with van der Waals surface area (Å²) in [7, 11) is 0. The van der Waals surface area contributed by atoms with E-state index in [0.717, 1.165) is 36.2 Å². The Kier molecular flexibility index (Phi) is 6.29. The smallest absolute Gasteiger partial charge is 0.0755 e. The first-order chi connectivity index (χ1) is 9.76. The molecule has 0 amide bonds. The molecule has 1 unspecified atom stereocenters. The van der Waals surface area contributed by atoms with Crippen LogP contribution >= 0.6 is 15.9 Å². The van der Waals surface area contributed by atoms with Crippen LogP contribution in [0.25, 0.3) is 0 Å². The number of benzene rings is 1. The molecular weight excluding hydrogens is 320 g/mol. The highest BCUT2D eigenvalue weighted by atomic mass is 79.9. The Bertz CT molecular complexity index is 428. The third kappa shape index (κ3) is 3.95. The quantitative estimate of drug-likeness (QED) is 0.777. The number of hydrogen-bond acceptors (Lipinski definition) is 4. The van der Waals surface area contributed by atoms with Crippen molar-refractivity contribution in [2.45, 2.75) is 25.9 Å². The lowest BCUT2D eigenvalue weighted by atomic mass is 10.1. The van der Waals surface area contributed by atoms with E-state index < -0.39 is 0 Å². The van der Waals surface area contributed by atoms with Crippen molar-refractivity contribution in [1.82, 2.24) is 5.32 Å². The number of rotatable bonds is 6. The van der Waals surface area contributed by atoms with Crippen molar-refractivity contribution in [2.75, 3.05) is 37.8 Å². The van der Waals surface area contributed by atoms with E-state index in [-0.39, 0.29) is 12.6 Å². The fourth-order valence-electron chi connectivity index (χ4n) is 2.40. The Labute approximate surface area is 129 Å². The van der Waals surface area contributed by atoms with Crippen molar-refractivity contribution in [3.05, 3.63) is 28.2 Å². The summed E-state index contributed by atoms with van der Waals surface area (Å²) in [6, 6.07) is 6.46. The summed E-state index contributed by atoms with van der Waals surface area (Å²) in [6.45, 7) is 6.33. The molecule has 0 saturated carbocycles. The topological polar surface area (TPSA) is 44.7 Å². The minimum absolute atomic E-state index is 0.0553. The summed E-state index contributed by atoms with van der Waals surface area (Å²) in [4.78, 5) is 2.22. The number of halogens is 1. The molecule has 4 nitrogen and oxygen atoms in total. The molecular formula is C15H23BrN2O2. The Morgan fingerprint density at radius 2 is 2.35 bits per heavy atom. The van der Waals surface area contributed by atoms with E-state index in [1.807, 2.05) is 0 Å². The van der Waals surface area contributed by atoms with E-state index in [0.29, 0.717) is 13.2 Å². The zero-order valence-corrected chi connectivity index (χ0v) is 13.5. The Hall–Kier alpha value is -0.620. The molecule has 1 aliphatic heterocycles.